The lowest BCUT2D eigenvalue weighted by Gasteiger charge is -2.34. The minimum Gasteiger partial charge on any atom is -0.483 e. The molecule has 2 amide bonds. The van der Waals surface area contributed by atoms with E-state index in [2.05, 4.69) is 10.0 Å². The molecule has 0 aromatic heterocycles. The molecule has 9 nitrogen and oxygen atoms in total. The van der Waals surface area contributed by atoms with E-state index in [4.69, 9.17) is 9.47 Å². The summed E-state index contributed by atoms with van der Waals surface area (Å²) in [5.74, 6) is 0.0996. The molecule has 1 aliphatic rings. The summed E-state index contributed by atoms with van der Waals surface area (Å²) in [4.78, 5) is 27.9. The Morgan fingerprint density at radius 3 is 2.21 bits per heavy atom. The second kappa shape index (κ2) is 12.9. The zero-order valence-corrected chi connectivity index (χ0v) is 23.8. The van der Waals surface area contributed by atoms with Gasteiger partial charge in [-0.3, -0.25) is 9.59 Å². The van der Waals surface area contributed by atoms with Gasteiger partial charge in [0.2, 0.25) is 10.0 Å². The van der Waals surface area contributed by atoms with Gasteiger partial charge in [0.25, 0.3) is 11.8 Å². The number of aryl methyl sites for hydroxylation is 1. The largest absolute Gasteiger partial charge is 0.483 e. The molecule has 1 aliphatic heterocycles. The first-order valence-electron chi connectivity index (χ1n) is 13.4. The smallest absolute Gasteiger partial charge is 0.265 e. The van der Waals surface area contributed by atoms with Gasteiger partial charge in [-0.25, -0.2) is 13.1 Å². The van der Waals surface area contributed by atoms with Crippen LogP contribution in [-0.2, 0) is 32.7 Å². The van der Waals surface area contributed by atoms with Crippen LogP contribution in [-0.4, -0.2) is 39.5 Å². The number of ether oxygens (including phenoxy) is 2. The van der Waals surface area contributed by atoms with Crippen LogP contribution >= 0.6 is 0 Å². The number of carbonyl (C=O) groups excluding carboxylic acids is 2. The summed E-state index contributed by atoms with van der Waals surface area (Å²) < 4.78 is 40.0. The fraction of sp³-hybridized carbons (Fsp3) is 0.188. The van der Waals surface area contributed by atoms with Crippen molar-refractivity contribution in [3.8, 4) is 11.5 Å². The fourth-order valence-electron chi connectivity index (χ4n) is 4.53. The number of nitrogens with zero attached hydrogens (tertiary/aromatic N) is 1. The molecule has 4 aromatic carbocycles. The minimum absolute atomic E-state index is 0.0169. The zero-order chi connectivity index (χ0) is 29.5. The standard InChI is InChI=1S/C32H31N3O6S/c1-23-18-26(42(38,39)34-20-25-12-6-3-7-13-25)16-17-28(23)40-22-31(36)35-21-30(41-29-15-9-8-14-27(29)35)32(37)33-19-24-10-4-2-5-11-24/h2-18,30,34H,19-22H2,1H3,(H,33,37). The Bertz CT molecular complexity index is 1660. The Balaban J connectivity index is 1.22. The molecule has 0 saturated heterocycles. The quantitative estimate of drug-likeness (QED) is 0.291. The maximum absolute atomic E-state index is 13.3. The fourth-order valence-corrected chi connectivity index (χ4v) is 5.63. The first-order valence-corrected chi connectivity index (χ1v) is 14.9. The monoisotopic (exact) mass is 585 g/mol. The summed E-state index contributed by atoms with van der Waals surface area (Å²) in [5, 5.41) is 2.87. The number of fused-ring (bicyclic) bond motifs is 1. The molecule has 0 fully saturated rings. The summed E-state index contributed by atoms with van der Waals surface area (Å²) in [6.07, 6.45) is -0.901. The lowest BCUT2D eigenvalue weighted by molar-refractivity contribution is -0.128. The van der Waals surface area contributed by atoms with Crippen molar-refractivity contribution in [1.29, 1.82) is 0 Å². The van der Waals surface area contributed by atoms with Crippen LogP contribution in [0.3, 0.4) is 0 Å². The van der Waals surface area contributed by atoms with Crippen molar-refractivity contribution in [2.45, 2.75) is 31.0 Å². The number of nitrogens with one attached hydrogen (secondary N) is 2. The van der Waals surface area contributed by atoms with Crippen LogP contribution in [0.1, 0.15) is 16.7 Å². The number of hydrogen-bond donors (Lipinski definition) is 2. The summed E-state index contributed by atoms with van der Waals surface area (Å²) in [7, 11) is -3.75. The highest BCUT2D eigenvalue weighted by molar-refractivity contribution is 7.89. The van der Waals surface area contributed by atoms with E-state index < -0.39 is 16.1 Å². The Hall–Kier alpha value is -4.67. The van der Waals surface area contributed by atoms with Crippen molar-refractivity contribution in [2.24, 2.45) is 0 Å². The van der Waals surface area contributed by atoms with E-state index in [1.165, 1.54) is 23.1 Å². The molecule has 10 heteroatoms. The van der Waals surface area contributed by atoms with E-state index in [1.54, 1.807) is 31.2 Å². The number of amides is 2. The first-order chi connectivity index (χ1) is 20.3. The van der Waals surface area contributed by atoms with Gasteiger partial charge in [0, 0.05) is 13.1 Å². The second-order valence-electron chi connectivity index (χ2n) is 9.81. The molecule has 1 heterocycles. The summed E-state index contributed by atoms with van der Waals surface area (Å²) >= 11 is 0. The molecule has 1 atom stereocenters. The number of sulfonamides is 1. The molecule has 2 N–H and O–H groups in total. The van der Waals surface area contributed by atoms with E-state index in [-0.39, 0.29) is 36.4 Å². The topological polar surface area (TPSA) is 114 Å². The van der Waals surface area contributed by atoms with Crippen molar-refractivity contribution >= 4 is 27.5 Å². The van der Waals surface area contributed by atoms with E-state index >= 15 is 0 Å². The van der Waals surface area contributed by atoms with Crippen molar-refractivity contribution in [3.63, 3.8) is 0 Å². The van der Waals surface area contributed by atoms with Crippen LogP contribution < -0.4 is 24.4 Å². The Morgan fingerprint density at radius 1 is 0.881 bits per heavy atom. The van der Waals surface area contributed by atoms with Crippen molar-refractivity contribution in [1.82, 2.24) is 10.0 Å². The summed E-state index contributed by atoms with van der Waals surface area (Å²) in [6.45, 7) is 1.92. The SMILES string of the molecule is Cc1cc(S(=O)(=O)NCc2ccccc2)ccc1OCC(=O)N1CC(C(=O)NCc2ccccc2)Oc2ccccc21. The van der Waals surface area contributed by atoms with Gasteiger partial charge in [-0.05, 0) is 53.9 Å². The number of benzene rings is 4. The number of carbonyl (C=O) groups is 2. The molecule has 5 rings (SSSR count). The van der Waals surface area contributed by atoms with E-state index in [0.29, 0.717) is 29.3 Å². The van der Waals surface area contributed by atoms with Crippen LogP contribution in [0.25, 0.3) is 0 Å². The molecular weight excluding hydrogens is 554 g/mol. The molecule has 0 aliphatic carbocycles. The Kier molecular flexibility index (Phi) is 8.85. The minimum atomic E-state index is -3.75. The van der Waals surface area contributed by atoms with Crippen molar-refractivity contribution in [3.05, 3.63) is 120 Å². The number of rotatable bonds is 10. The molecule has 4 aromatic rings. The van der Waals surface area contributed by atoms with Gasteiger partial charge in [0.15, 0.2) is 12.7 Å². The lowest BCUT2D eigenvalue weighted by Crippen LogP contribution is -2.51. The lowest BCUT2D eigenvalue weighted by atomic mass is 10.1. The number of para-hydroxylation sites is 2. The third kappa shape index (κ3) is 6.96. The third-order valence-electron chi connectivity index (χ3n) is 6.79. The normalized spacial score (nSPS) is 14.4. The predicted molar refractivity (Wildman–Crippen MR) is 159 cm³/mol. The van der Waals surface area contributed by atoms with Crippen LogP contribution in [0, 0.1) is 6.92 Å². The average molecular weight is 586 g/mol. The molecule has 216 valence electrons. The van der Waals surface area contributed by atoms with Crippen LogP contribution in [0.2, 0.25) is 0 Å². The van der Waals surface area contributed by atoms with Gasteiger partial charge in [-0.15, -0.1) is 0 Å². The molecule has 0 radical (unpaired) electrons. The molecule has 0 saturated carbocycles. The van der Waals surface area contributed by atoms with Crippen LogP contribution in [0.5, 0.6) is 11.5 Å². The van der Waals surface area contributed by atoms with Gasteiger partial charge < -0.3 is 19.7 Å². The van der Waals surface area contributed by atoms with Crippen molar-refractivity contribution in [2.75, 3.05) is 18.1 Å². The number of hydrogen-bond acceptors (Lipinski definition) is 6. The van der Waals surface area contributed by atoms with E-state index in [1.807, 2.05) is 60.7 Å². The second-order valence-corrected chi connectivity index (χ2v) is 11.6. The van der Waals surface area contributed by atoms with Gasteiger partial charge in [0.1, 0.15) is 11.5 Å². The average Bonchev–Trinajstić information content (AvgIpc) is 3.02. The van der Waals surface area contributed by atoms with Gasteiger partial charge in [-0.2, -0.15) is 0 Å². The highest BCUT2D eigenvalue weighted by Gasteiger charge is 2.34. The molecule has 42 heavy (non-hydrogen) atoms. The van der Waals surface area contributed by atoms with Crippen LogP contribution in [0.4, 0.5) is 5.69 Å². The zero-order valence-electron chi connectivity index (χ0n) is 23.0. The molecular formula is C32H31N3O6S. The predicted octanol–water partition coefficient (Wildman–Crippen LogP) is 3.96. The third-order valence-corrected chi connectivity index (χ3v) is 8.19. The van der Waals surface area contributed by atoms with Crippen molar-refractivity contribution < 1.29 is 27.5 Å². The van der Waals surface area contributed by atoms with E-state index in [9.17, 15) is 18.0 Å². The van der Waals surface area contributed by atoms with Gasteiger partial charge in [0.05, 0.1) is 17.1 Å². The van der Waals surface area contributed by atoms with Crippen LogP contribution in [0.15, 0.2) is 108 Å². The maximum Gasteiger partial charge on any atom is 0.265 e. The highest BCUT2D eigenvalue weighted by atomic mass is 32.2. The summed E-state index contributed by atoms with van der Waals surface area (Å²) in [5.41, 5.74) is 2.90. The molecule has 0 bridgehead atoms. The Labute approximate surface area is 245 Å². The molecule has 0 spiro atoms. The Morgan fingerprint density at radius 2 is 1.52 bits per heavy atom. The van der Waals surface area contributed by atoms with Gasteiger partial charge in [-0.1, -0.05) is 72.8 Å². The highest BCUT2D eigenvalue weighted by Crippen LogP contribution is 2.33. The molecule has 1 unspecified atom stereocenters. The van der Waals surface area contributed by atoms with Gasteiger partial charge >= 0.3 is 0 Å². The maximum atomic E-state index is 13.3. The first kappa shape index (κ1) is 28.8. The summed E-state index contributed by atoms with van der Waals surface area (Å²) in [6, 6.07) is 30.3. The van der Waals surface area contributed by atoms with E-state index in [0.717, 1.165) is 11.1 Å². The number of anilines is 1.